The molecule has 0 saturated carbocycles. The van der Waals surface area contributed by atoms with E-state index >= 15 is 0 Å². The van der Waals surface area contributed by atoms with Crippen molar-refractivity contribution in [1.82, 2.24) is 5.32 Å². The van der Waals surface area contributed by atoms with Gasteiger partial charge in [-0.1, -0.05) is 17.7 Å². The van der Waals surface area contributed by atoms with Crippen LogP contribution in [0.4, 0.5) is 11.4 Å². The van der Waals surface area contributed by atoms with Gasteiger partial charge in [-0.3, -0.25) is 24.5 Å². The van der Waals surface area contributed by atoms with E-state index in [0.717, 1.165) is 10.5 Å². The second kappa shape index (κ2) is 8.42. The Hall–Kier alpha value is -3.76. The Morgan fingerprint density at radius 1 is 1.14 bits per heavy atom. The average molecular weight is 511 g/mol. The van der Waals surface area contributed by atoms with Gasteiger partial charge in [0.15, 0.2) is 0 Å². The van der Waals surface area contributed by atoms with Crippen LogP contribution < -0.4 is 21.3 Å². The molecule has 3 heterocycles. The molecule has 0 unspecified atom stereocenters. The van der Waals surface area contributed by atoms with Gasteiger partial charge >= 0.3 is 5.97 Å². The van der Waals surface area contributed by atoms with E-state index in [1.165, 1.54) is 24.3 Å². The molecule has 11 heteroatoms. The van der Waals surface area contributed by atoms with Gasteiger partial charge in [0, 0.05) is 18.0 Å². The largest absolute Gasteiger partial charge is 0.462 e. The minimum Gasteiger partial charge on any atom is -0.462 e. The van der Waals surface area contributed by atoms with Crippen LogP contribution in [0.2, 0.25) is 5.02 Å². The van der Waals surface area contributed by atoms with E-state index in [1.54, 1.807) is 26.0 Å². The first-order chi connectivity index (χ1) is 17.1. The second-order valence-electron chi connectivity index (χ2n) is 9.14. The predicted octanol–water partition coefficient (Wildman–Crippen LogP) is 1.63. The molecule has 186 valence electrons. The second-order valence-corrected chi connectivity index (χ2v) is 9.54. The van der Waals surface area contributed by atoms with Gasteiger partial charge in [-0.2, -0.15) is 0 Å². The number of primary amides is 1. The molecule has 0 aliphatic carbocycles. The van der Waals surface area contributed by atoms with Crippen molar-refractivity contribution in [3.63, 3.8) is 0 Å². The van der Waals surface area contributed by atoms with Gasteiger partial charge in [-0.15, -0.1) is 0 Å². The molecule has 2 saturated heterocycles. The Labute approximate surface area is 211 Å². The van der Waals surface area contributed by atoms with Crippen molar-refractivity contribution >= 4 is 52.6 Å². The molecular weight excluding hydrogens is 488 g/mol. The summed E-state index contributed by atoms with van der Waals surface area (Å²) in [4.78, 5) is 65.9. The highest BCUT2D eigenvalue weighted by molar-refractivity contribution is 6.35. The summed E-state index contributed by atoms with van der Waals surface area (Å²) >= 11 is 6.40. The number of aryl methyl sites for hydroxylation is 1. The van der Waals surface area contributed by atoms with Crippen molar-refractivity contribution in [3.8, 4) is 0 Å². The number of halogens is 1. The summed E-state index contributed by atoms with van der Waals surface area (Å²) < 4.78 is 4.98. The number of nitrogens with two attached hydrogens (primary N) is 1. The maximum absolute atomic E-state index is 13.9. The molecule has 4 amide bonds. The lowest BCUT2D eigenvalue weighted by Crippen LogP contribution is -2.53. The third-order valence-corrected chi connectivity index (χ3v) is 7.28. The minimum atomic E-state index is -1.61. The molecule has 3 aliphatic heterocycles. The lowest BCUT2D eigenvalue weighted by molar-refractivity contribution is -0.130. The van der Waals surface area contributed by atoms with Crippen LogP contribution in [0.15, 0.2) is 36.4 Å². The first-order valence-electron chi connectivity index (χ1n) is 11.4. The van der Waals surface area contributed by atoms with Crippen molar-refractivity contribution in [2.75, 3.05) is 16.8 Å². The number of ether oxygens (including phenoxy) is 1. The zero-order valence-corrected chi connectivity index (χ0v) is 20.2. The Kier molecular flexibility index (Phi) is 5.60. The maximum atomic E-state index is 13.9. The van der Waals surface area contributed by atoms with Gasteiger partial charge in [0.2, 0.25) is 23.6 Å². The summed E-state index contributed by atoms with van der Waals surface area (Å²) in [5.41, 5.74) is 5.91. The molecule has 0 bridgehead atoms. The van der Waals surface area contributed by atoms with Crippen molar-refractivity contribution < 1.29 is 28.7 Å². The molecule has 36 heavy (non-hydrogen) atoms. The molecule has 1 spiro atoms. The Morgan fingerprint density at radius 3 is 2.47 bits per heavy atom. The number of nitrogens with zero attached hydrogens (tertiary/aromatic N) is 1. The highest BCUT2D eigenvalue weighted by Crippen LogP contribution is 2.55. The molecule has 4 N–H and O–H groups in total. The molecule has 0 radical (unpaired) electrons. The zero-order valence-electron chi connectivity index (χ0n) is 19.5. The Morgan fingerprint density at radius 2 is 1.83 bits per heavy atom. The van der Waals surface area contributed by atoms with Gasteiger partial charge in [0.25, 0.3) is 0 Å². The maximum Gasteiger partial charge on any atom is 0.338 e. The number of nitrogens with one attached hydrogen (secondary N) is 2. The zero-order chi connectivity index (χ0) is 25.9. The van der Waals surface area contributed by atoms with Crippen LogP contribution in [0.3, 0.4) is 0 Å². The van der Waals surface area contributed by atoms with Gasteiger partial charge in [0.05, 0.1) is 40.4 Å². The minimum absolute atomic E-state index is 0.205. The first-order valence-corrected chi connectivity index (χ1v) is 11.8. The average Bonchev–Trinajstić information content (AvgIpc) is 3.39. The molecular formula is C25H23ClN4O6. The fourth-order valence-electron chi connectivity index (χ4n) is 5.60. The topological polar surface area (TPSA) is 148 Å². The summed E-state index contributed by atoms with van der Waals surface area (Å²) in [6.45, 7) is 3.69. The number of anilines is 2. The monoisotopic (exact) mass is 510 g/mol. The van der Waals surface area contributed by atoms with Crippen molar-refractivity contribution in [3.05, 3.63) is 58.1 Å². The van der Waals surface area contributed by atoms with Crippen molar-refractivity contribution in [1.29, 1.82) is 0 Å². The number of fused-ring (bicyclic) bond motifs is 4. The van der Waals surface area contributed by atoms with Crippen LogP contribution in [0.5, 0.6) is 0 Å². The Balaban J connectivity index is 1.61. The Bertz CT molecular complexity index is 1340. The summed E-state index contributed by atoms with van der Waals surface area (Å²) in [7, 11) is 0. The fourth-order valence-corrected chi connectivity index (χ4v) is 5.92. The number of hydrogen-bond donors (Lipinski definition) is 3. The van der Waals surface area contributed by atoms with Gasteiger partial charge in [0.1, 0.15) is 5.54 Å². The molecule has 10 nitrogen and oxygen atoms in total. The quantitative estimate of drug-likeness (QED) is 0.409. The van der Waals surface area contributed by atoms with Crippen LogP contribution in [0.25, 0.3) is 0 Å². The van der Waals surface area contributed by atoms with E-state index in [0.29, 0.717) is 16.3 Å². The number of rotatable bonds is 5. The smallest absolute Gasteiger partial charge is 0.338 e. The van der Waals surface area contributed by atoms with E-state index in [-0.39, 0.29) is 24.3 Å². The van der Waals surface area contributed by atoms with Crippen LogP contribution >= 0.6 is 11.6 Å². The molecule has 0 aromatic heterocycles. The number of carbonyl (C=O) groups excluding carboxylic acids is 5. The lowest BCUT2D eigenvalue weighted by Gasteiger charge is -2.29. The molecule has 5 rings (SSSR count). The fraction of sp³-hybridized carbons (Fsp3) is 0.320. The van der Waals surface area contributed by atoms with E-state index in [2.05, 4.69) is 10.6 Å². The number of imide groups is 1. The molecule has 3 aliphatic rings. The molecule has 4 atom stereocenters. The van der Waals surface area contributed by atoms with E-state index < -0.39 is 53.0 Å². The van der Waals surface area contributed by atoms with Gasteiger partial charge in [-0.05, 0) is 49.7 Å². The molecule has 2 aromatic carbocycles. The van der Waals surface area contributed by atoms with Crippen LogP contribution in [-0.2, 0) is 29.5 Å². The summed E-state index contributed by atoms with van der Waals surface area (Å²) in [6, 6.07) is 8.42. The normalized spacial score (nSPS) is 26.2. The summed E-state index contributed by atoms with van der Waals surface area (Å²) in [6.07, 6.45) is -0.250. The van der Waals surface area contributed by atoms with Gasteiger partial charge < -0.3 is 15.8 Å². The molecule has 2 fully saturated rings. The van der Waals surface area contributed by atoms with E-state index in [4.69, 9.17) is 22.1 Å². The van der Waals surface area contributed by atoms with Gasteiger partial charge in [-0.25, -0.2) is 9.69 Å². The number of hydrogen-bond acceptors (Lipinski definition) is 7. The number of esters is 1. The van der Waals surface area contributed by atoms with Crippen LogP contribution in [-0.4, -0.2) is 42.2 Å². The van der Waals surface area contributed by atoms with E-state index in [9.17, 15) is 24.0 Å². The highest BCUT2D eigenvalue weighted by Gasteiger charge is 2.71. The summed E-state index contributed by atoms with van der Waals surface area (Å²) in [5.74, 6) is -5.08. The lowest BCUT2D eigenvalue weighted by atomic mass is 9.76. The SMILES string of the molecule is CCOC(=O)c1ccc(N2C(=O)[C@H]3[C@@H](CC(N)=O)N[C@@]4(C(=O)Nc5c(Cl)cc(C)cc54)[C@H]3C2=O)cc1. The number of amides is 4. The number of benzene rings is 2. The highest BCUT2D eigenvalue weighted by atomic mass is 35.5. The first kappa shape index (κ1) is 24.0. The van der Waals surface area contributed by atoms with E-state index in [1.807, 2.05) is 0 Å². The van der Waals surface area contributed by atoms with Crippen LogP contribution in [0.1, 0.15) is 34.8 Å². The molecule has 2 aromatic rings. The predicted molar refractivity (Wildman–Crippen MR) is 129 cm³/mol. The summed E-state index contributed by atoms with van der Waals surface area (Å²) in [5, 5.41) is 6.18. The van der Waals surface area contributed by atoms with Crippen LogP contribution in [0, 0.1) is 18.8 Å². The van der Waals surface area contributed by atoms with Crippen molar-refractivity contribution in [2.24, 2.45) is 17.6 Å². The standard InChI is InChI=1S/C25H23ClN4O6/c1-3-36-23(34)12-4-6-13(7-5-12)30-21(32)18-16(10-17(27)31)29-25(19(18)22(30)33)14-8-11(2)9-15(26)20(14)28-24(25)35/h4-9,16,18-19,29H,3,10H2,1-2H3,(H2,27,31)(H,28,35)/t16-,18+,19-,25-/m1/s1. The number of carbonyl (C=O) groups is 5. The third kappa shape index (κ3) is 3.32. The van der Waals surface area contributed by atoms with Crippen molar-refractivity contribution in [2.45, 2.75) is 31.8 Å². The third-order valence-electron chi connectivity index (χ3n) is 6.98.